The highest BCUT2D eigenvalue weighted by Gasteiger charge is 2.45. The maximum Gasteiger partial charge on any atom is 0.257 e. The Morgan fingerprint density at radius 3 is 2.62 bits per heavy atom. The van der Waals surface area contributed by atoms with Crippen LogP contribution in [0.4, 0.5) is 0 Å². The molecule has 0 radical (unpaired) electrons. The molecule has 21 heavy (non-hydrogen) atoms. The number of nitrogens with zero attached hydrogens (tertiary/aromatic N) is 1. The van der Waals surface area contributed by atoms with Gasteiger partial charge in [0.1, 0.15) is 5.75 Å². The van der Waals surface area contributed by atoms with Crippen LogP contribution in [0.1, 0.15) is 25.8 Å². The number of benzene rings is 1. The fourth-order valence-corrected chi connectivity index (χ4v) is 2.14. The van der Waals surface area contributed by atoms with Crippen LogP contribution >= 0.6 is 0 Å². The molecule has 4 N–H and O–H groups in total. The van der Waals surface area contributed by atoms with Crippen LogP contribution in [-0.2, 0) is 4.79 Å². The second kappa shape index (κ2) is 6.03. The number of ether oxygens (including phenoxy) is 1. The molecule has 0 aliphatic heterocycles. The number of carbonyl (C=O) groups excluding carboxylic acids is 1. The van der Waals surface area contributed by atoms with Gasteiger partial charge >= 0.3 is 0 Å². The third-order valence-corrected chi connectivity index (χ3v) is 3.89. The van der Waals surface area contributed by atoms with Gasteiger partial charge in [-0.1, -0.05) is 19.0 Å². The van der Waals surface area contributed by atoms with Gasteiger partial charge in [-0.05, 0) is 42.0 Å². The minimum absolute atomic E-state index is 0.0178. The molecular weight excluding hydrogens is 270 g/mol. The summed E-state index contributed by atoms with van der Waals surface area (Å²) in [5, 5.41) is 14.3. The molecule has 1 atom stereocenters. The molecular formula is C15H21N3O3. The first-order valence-electron chi connectivity index (χ1n) is 6.90. The lowest BCUT2D eigenvalue weighted by atomic mass is 10.1. The monoisotopic (exact) mass is 291 g/mol. The van der Waals surface area contributed by atoms with E-state index in [1.807, 2.05) is 0 Å². The van der Waals surface area contributed by atoms with Crippen LogP contribution in [0.2, 0.25) is 0 Å². The normalized spacial score (nSPS) is 19.9. The standard InChI is InChI=1S/C15H21N3O3/c1-15(2)7-11(15)8-17-13(19)9-21-12-5-3-10(4-6-12)14(16)18-20/h3-6,11,20H,7-9H2,1-2H3,(H2,16,18)(H,17,19). The number of hydrogen-bond acceptors (Lipinski definition) is 4. The molecule has 0 aromatic heterocycles. The zero-order chi connectivity index (χ0) is 15.5. The fraction of sp³-hybridized carbons (Fsp3) is 0.467. The highest BCUT2D eigenvalue weighted by molar-refractivity contribution is 5.97. The highest BCUT2D eigenvalue weighted by atomic mass is 16.5. The molecule has 1 aromatic carbocycles. The van der Waals surface area contributed by atoms with Crippen LogP contribution in [-0.4, -0.2) is 30.1 Å². The van der Waals surface area contributed by atoms with Crippen molar-refractivity contribution in [2.24, 2.45) is 22.2 Å². The molecule has 1 fully saturated rings. The molecule has 0 spiro atoms. The molecule has 1 aliphatic rings. The van der Waals surface area contributed by atoms with Crippen LogP contribution in [0.3, 0.4) is 0 Å². The average Bonchev–Trinajstić information content (AvgIpc) is 3.10. The van der Waals surface area contributed by atoms with Crippen molar-refractivity contribution >= 4 is 11.7 Å². The van der Waals surface area contributed by atoms with E-state index in [9.17, 15) is 4.79 Å². The predicted octanol–water partition coefficient (Wildman–Crippen LogP) is 1.32. The van der Waals surface area contributed by atoms with Gasteiger partial charge in [-0.25, -0.2) is 0 Å². The number of nitrogens with two attached hydrogens (primary N) is 1. The van der Waals surface area contributed by atoms with E-state index in [0.717, 1.165) is 6.42 Å². The minimum Gasteiger partial charge on any atom is -0.484 e. The maximum absolute atomic E-state index is 11.7. The molecule has 0 heterocycles. The second-order valence-electron chi connectivity index (χ2n) is 5.99. The van der Waals surface area contributed by atoms with Crippen molar-refractivity contribution in [3.63, 3.8) is 0 Å². The Morgan fingerprint density at radius 2 is 2.10 bits per heavy atom. The van der Waals surface area contributed by atoms with Crippen molar-refractivity contribution in [3.8, 4) is 5.75 Å². The molecule has 1 amide bonds. The Labute approximate surface area is 124 Å². The van der Waals surface area contributed by atoms with Gasteiger partial charge in [0.05, 0.1) is 0 Å². The lowest BCUT2D eigenvalue weighted by molar-refractivity contribution is -0.123. The smallest absolute Gasteiger partial charge is 0.257 e. The Kier molecular flexibility index (Phi) is 4.35. The van der Waals surface area contributed by atoms with E-state index in [4.69, 9.17) is 15.7 Å². The van der Waals surface area contributed by atoms with Crippen LogP contribution in [0.25, 0.3) is 0 Å². The number of amides is 1. The third kappa shape index (κ3) is 4.11. The highest BCUT2D eigenvalue weighted by Crippen LogP contribution is 2.50. The summed E-state index contributed by atoms with van der Waals surface area (Å²) in [5.41, 5.74) is 6.40. The summed E-state index contributed by atoms with van der Waals surface area (Å²) in [6.07, 6.45) is 1.16. The summed E-state index contributed by atoms with van der Waals surface area (Å²) in [5.74, 6) is 1.04. The predicted molar refractivity (Wildman–Crippen MR) is 79.3 cm³/mol. The van der Waals surface area contributed by atoms with E-state index in [2.05, 4.69) is 24.3 Å². The SMILES string of the molecule is CC1(C)CC1CNC(=O)COc1ccc(/C(N)=N/O)cc1. The molecule has 6 nitrogen and oxygen atoms in total. The zero-order valence-corrected chi connectivity index (χ0v) is 12.3. The van der Waals surface area contributed by atoms with E-state index in [1.165, 1.54) is 0 Å². The van der Waals surface area contributed by atoms with E-state index in [-0.39, 0.29) is 18.3 Å². The van der Waals surface area contributed by atoms with E-state index >= 15 is 0 Å². The van der Waals surface area contributed by atoms with Gasteiger partial charge in [-0.2, -0.15) is 0 Å². The van der Waals surface area contributed by atoms with Crippen molar-refractivity contribution in [2.75, 3.05) is 13.2 Å². The average molecular weight is 291 g/mol. The second-order valence-corrected chi connectivity index (χ2v) is 5.99. The maximum atomic E-state index is 11.7. The first-order valence-corrected chi connectivity index (χ1v) is 6.90. The summed E-state index contributed by atoms with van der Waals surface area (Å²) in [6, 6.07) is 6.67. The van der Waals surface area contributed by atoms with Crippen LogP contribution < -0.4 is 15.8 Å². The van der Waals surface area contributed by atoms with Crippen LogP contribution in [0, 0.1) is 11.3 Å². The van der Waals surface area contributed by atoms with E-state index in [1.54, 1.807) is 24.3 Å². The van der Waals surface area contributed by atoms with Gasteiger partial charge in [0.2, 0.25) is 0 Å². The van der Waals surface area contributed by atoms with Gasteiger partial charge in [-0.15, -0.1) is 0 Å². The van der Waals surface area contributed by atoms with Crippen molar-refractivity contribution in [2.45, 2.75) is 20.3 Å². The van der Waals surface area contributed by atoms with Crippen LogP contribution in [0.5, 0.6) is 5.75 Å². The van der Waals surface area contributed by atoms with Crippen LogP contribution in [0.15, 0.2) is 29.4 Å². The molecule has 2 rings (SSSR count). The lowest BCUT2D eigenvalue weighted by Crippen LogP contribution is -2.31. The molecule has 1 aromatic rings. The van der Waals surface area contributed by atoms with E-state index < -0.39 is 0 Å². The van der Waals surface area contributed by atoms with Crippen molar-refractivity contribution in [1.29, 1.82) is 0 Å². The summed E-state index contributed by atoms with van der Waals surface area (Å²) >= 11 is 0. The van der Waals surface area contributed by atoms with Gasteiger partial charge in [-0.3, -0.25) is 4.79 Å². The fourth-order valence-electron chi connectivity index (χ4n) is 2.14. The number of carbonyl (C=O) groups is 1. The molecule has 0 saturated heterocycles. The van der Waals surface area contributed by atoms with Crippen molar-refractivity contribution < 1.29 is 14.7 Å². The number of amidine groups is 1. The number of rotatable bonds is 6. The quantitative estimate of drug-likeness (QED) is 0.319. The summed E-state index contributed by atoms with van der Waals surface area (Å²) in [7, 11) is 0. The van der Waals surface area contributed by atoms with Gasteiger partial charge in [0, 0.05) is 12.1 Å². The first-order chi connectivity index (χ1) is 9.92. The molecule has 114 valence electrons. The summed E-state index contributed by atoms with van der Waals surface area (Å²) in [4.78, 5) is 11.7. The largest absolute Gasteiger partial charge is 0.484 e. The lowest BCUT2D eigenvalue weighted by Gasteiger charge is -2.08. The third-order valence-electron chi connectivity index (χ3n) is 3.89. The van der Waals surface area contributed by atoms with Gasteiger partial charge in [0.25, 0.3) is 5.91 Å². The number of hydrogen-bond donors (Lipinski definition) is 3. The minimum atomic E-state index is -0.127. The summed E-state index contributed by atoms with van der Waals surface area (Å²) < 4.78 is 5.39. The Hall–Kier alpha value is -2.24. The molecule has 1 unspecified atom stereocenters. The van der Waals surface area contributed by atoms with Crippen molar-refractivity contribution in [3.05, 3.63) is 29.8 Å². The Morgan fingerprint density at radius 1 is 1.48 bits per heavy atom. The molecule has 1 aliphatic carbocycles. The van der Waals surface area contributed by atoms with Gasteiger partial charge in [0.15, 0.2) is 12.4 Å². The molecule has 0 bridgehead atoms. The first kappa shape index (κ1) is 15.2. The van der Waals surface area contributed by atoms with Crippen molar-refractivity contribution in [1.82, 2.24) is 5.32 Å². The van der Waals surface area contributed by atoms with Gasteiger partial charge < -0.3 is 21.0 Å². The Balaban J connectivity index is 1.74. The zero-order valence-electron chi connectivity index (χ0n) is 12.3. The summed E-state index contributed by atoms with van der Waals surface area (Å²) in [6.45, 7) is 5.08. The number of oxime groups is 1. The topological polar surface area (TPSA) is 96.9 Å². The molecule has 1 saturated carbocycles. The Bertz CT molecular complexity index is 538. The number of nitrogens with one attached hydrogen (secondary N) is 1. The van der Waals surface area contributed by atoms with E-state index in [0.29, 0.717) is 29.2 Å². The molecule has 6 heteroatoms.